The van der Waals surface area contributed by atoms with Crippen molar-refractivity contribution in [3.05, 3.63) is 53.6 Å². The highest BCUT2D eigenvalue weighted by Crippen LogP contribution is 2.43. The molecule has 0 saturated carbocycles. The number of hydrogen-bond acceptors (Lipinski definition) is 15. The van der Waals surface area contributed by atoms with Crippen molar-refractivity contribution in [2.24, 2.45) is 20.5 Å². The Kier molecular flexibility index (Phi) is 9.68. The van der Waals surface area contributed by atoms with Crippen molar-refractivity contribution in [3.8, 4) is 5.75 Å². The molecule has 0 atom stereocenters. The molecule has 6 N–H and O–H groups in total. The summed E-state index contributed by atoms with van der Waals surface area (Å²) in [6.07, 6.45) is 0.283. The Bertz CT molecular complexity index is 1820. The monoisotopic (exact) mass is 620 g/mol. The van der Waals surface area contributed by atoms with E-state index in [0.29, 0.717) is 0 Å². The molecule has 16 nitrogen and oxygen atoms in total. The second kappa shape index (κ2) is 12.8. The van der Waals surface area contributed by atoms with Gasteiger partial charge in [0.05, 0.1) is 49.2 Å². The van der Waals surface area contributed by atoms with Gasteiger partial charge in [0.15, 0.2) is 16.1 Å². The van der Waals surface area contributed by atoms with Crippen molar-refractivity contribution in [1.29, 1.82) is 0 Å². The van der Waals surface area contributed by atoms with Crippen molar-refractivity contribution < 1.29 is 45.6 Å². The number of rotatable bonds is 11. The van der Waals surface area contributed by atoms with Gasteiger partial charge >= 0.3 is 5.97 Å². The third-order valence-electron chi connectivity index (χ3n) is 5.56. The summed E-state index contributed by atoms with van der Waals surface area (Å²) in [5.74, 6) is -1.59. The van der Waals surface area contributed by atoms with Gasteiger partial charge in [-0.25, -0.2) is 13.2 Å². The molecular formula is C24H24N6O10S2. The number of benzene rings is 3. The van der Waals surface area contributed by atoms with Gasteiger partial charge in [0.2, 0.25) is 0 Å². The minimum absolute atomic E-state index is 0.0347. The topological polar surface area (TPSA) is 263 Å². The molecule has 3 aromatic rings. The fourth-order valence-corrected chi connectivity index (χ4v) is 5.35. The van der Waals surface area contributed by atoms with Gasteiger partial charge in [0.1, 0.15) is 32.6 Å². The number of azo groups is 2. The number of methoxy groups -OCH3 is 2. The summed E-state index contributed by atoms with van der Waals surface area (Å²) in [6, 6.07) is 8.79. The van der Waals surface area contributed by atoms with Crippen molar-refractivity contribution >= 4 is 66.3 Å². The minimum Gasteiger partial charge on any atom is -0.495 e. The van der Waals surface area contributed by atoms with E-state index in [1.165, 1.54) is 12.1 Å². The molecule has 0 aliphatic carbocycles. The van der Waals surface area contributed by atoms with Crippen LogP contribution in [-0.2, 0) is 24.7 Å². The summed E-state index contributed by atoms with van der Waals surface area (Å²) in [5.41, 5.74) is 9.83. The first-order chi connectivity index (χ1) is 19.8. The van der Waals surface area contributed by atoms with Crippen LogP contribution in [0.25, 0.3) is 0 Å². The Morgan fingerprint density at radius 3 is 2.14 bits per heavy atom. The van der Waals surface area contributed by atoms with Crippen molar-refractivity contribution in [2.75, 3.05) is 38.0 Å². The molecule has 0 heterocycles. The van der Waals surface area contributed by atoms with Gasteiger partial charge in [-0.05, 0) is 24.3 Å². The van der Waals surface area contributed by atoms with Crippen molar-refractivity contribution in [2.45, 2.75) is 9.79 Å². The van der Waals surface area contributed by atoms with Crippen LogP contribution in [0.2, 0.25) is 0 Å². The molecule has 0 bridgehead atoms. The number of anilines is 2. The zero-order valence-corrected chi connectivity index (χ0v) is 23.6. The molecule has 0 aromatic heterocycles. The Morgan fingerprint density at radius 1 is 0.905 bits per heavy atom. The molecule has 3 rings (SSSR count). The first kappa shape index (κ1) is 31.7. The van der Waals surface area contributed by atoms with Crippen LogP contribution in [0, 0.1) is 0 Å². The third kappa shape index (κ3) is 6.74. The molecule has 18 heteroatoms. The van der Waals surface area contributed by atoms with Crippen LogP contribution in [0.3, 0.4) is 0 Å². The van der Waals surface area contributed by atoms with E-state index in [0.717, 1.165) is 32.4 Å². The molecular weight excluding hydrogens is 596 g/mol. The van der Waals surface area contributed by atoms with Crippen LogP contribution in [0.5, 0.6) is 5.75 Å². The van der Waals surface area contributed by atoms with Crippen LogP contribution in [0.1, 0.15) is 20.7 Å². The number of ether oxygens (including phenoxy) is 2. The van der Waals surface area contributed by atoms with Crippen LogP contribution in [-0.4, -0.2) is 65.3 Å². The van der Waals surface area contributed by atoms with Gasteiger partial charge in [0.25, 0.3) is 10.1 Å². The smallest absolute Gasteiger partial charge is 0.340 e. The van der Waals surface area contributed by atoms with E-state index in [2.05, 4.69) is 20.5 Å². The number of nitrogens with two attached hydrogens (primary N) is 2. The lowest BCUT2D eigenvalue weighted by molar-refractivity contribution is 0.0601. The number of nitrogen functional groups attached to an aromatic ring is 2. The van der Waals surface area contributed by atoms with E-state index in [1.807, 2.05) is 0 Å². The van der Waals surface area contributed by atoms with E-state index in [-0.39, 0.29) is 50.8 Å². The lowest BCUT2D eigenvalue weighted by Gasteiger charge is -2.12. The average molecular weight is 621 g/mol. The summed E-state index contributed by atoms with van der Waals surface area (Å²) in [7, 11) is -6.68. The van der Waals surface area contributed by atoms with E-state index < -0.39 is 54.6 Å². The van der Waals surface area contributed by atoms with Crippen LogP contribution in [0.4, 0.5) is 34.1 Å². The fourth-order valence-electron chi connectivity index (χ4n) is 3.50. The standard InChI is InChI=1S/C24H24N6O10S2/c1-39-18-10-16(13(12-32)9-19(18)41(34,35)8-7-31)28-30-23-21(25)17(11-20(22(23)26)42(36,37)38)29-27-15-6-4-3-5-14(15)24(33)40-2/h3-6,9-12,31H,7-8,25-26H2,1-2H3,(H,36,37,38). The second-order valence-corrected chi connectivity index (χ2v) is 11.6. The Labute approximate surface area is 239 Å². The number of aldehydes is 1. The molecule has 0 fully saturated rings. The highest BCUT2D eigenvalue weighted by Gasteiger charge is 2.24. The number of esters is 1. The molecule has 0 unspecified atom stereocenters. The molecule has 0 aliphatic rings. The highest BCUT2D eigenvalue weighted by atomic mass is 32.2. The predicted molar refractivity (Wildman–Crippen MR) is 149 cm³/mol. The Hall–Kier alpha value is -4.78. The fraction of sp³-hybridized carbons (Fsp3) is 0.167. The largest absolute Gasteiger partial charge is 0.495 e. The first-order valence-electron chi connectivity index (χ1n) is 11.5. The minimum atomic E-state index is -4.96. The number of nitrogens with zero attached hydrogens (tertiary/aromatic N) is 4. The normalized spacial score (nSPS) is 12.1. The SMILES string of the molecule is COC(=O)c1ccccc1N=Nc1cc(S(=O)(=O)O)c(N)c(N=Nc2cc(OC)c(S(=O)(=O)CCO)cc2C=O)c1N. The Morgan fingerprint density at radius 2 is 1.55 bits per heavy atom. The molecule has 0 aliphatic heterocycles. The number of carbonyl (C=O) groups excluding carboxylic acids is 2. The zero-order valence-electron chi connectivity index (χ0n) is 22.0. The maximum absolute atomic E-state index is 12.5. The van der Waals surface area contributed by atoms with Gasteiger partial charge < -0.3 is 26.0 Å². The molecule has 0 spiro atoms. The summed E-state index contributed by atoms with van der Waals surface area (Å²) in [5, 5.41) is 24.6. The summed E-state index contributed by atoms with van der Waals surface area (Å²) in [4.78, 5) is 22.6. The Balaban J connectivity index is 2.21. The van der Waals surface area contributed by atoms with Crippen molar-refractivity contribution in [1.82, 2.24) is 0 Å². The molecule has 222 valence electrons. The van der Waals surface area contributed by atoms with Crippen molar-refractivity contribution in [3.63, 3.8) is 0 Å². The van der Waals surface area contributed by atoms with Gasteiger partial charge in [-0.15, -0.1) is 20.5 Å². The molecule has 3 aromatic carbocycles. The average Bonchev–Trinajstić information content (AvgIpc) is 2.95. The number of carbonyl (C=O) groups is 2. The van der Waals surface area contributed by atoms with Crippen LogP contribution in [0.15, 0.2) is 72.7 Å². The third-order valence-corrected chi connectivity index (χ3v) is 8.17. The lowest BCUT2D eigenvalue weighted by atomic mass is 10.2. The quantitative estimate of drug-likeness (QED) is 0.0791. The van der Waals surface area contributed by atoms with Gasteiger partial charge in [-0.2, -0.15) is 8.42 Å². The van der Waals surface area contributed by atoms with E-state index in [4.69, 9.17) is 26.0 Å². The van der Waals surface area contributed by atoms with Gasteiger partial charge in [-0.1, -0.05) is 12.1 Å². The second-order valence-electron chi connectivity index (χ2n) is 8.18. The maximum atomic E-state index is 12.5. The molecule has 0 radical (unpaired) electrons. The first-order valence-corrected chi connectivity index (χ1v) is 14.6. The zero-order chi connectivity index (χ0) is 31.2. The maximum Gasteiger partial charge on any atom is 0.340 e. The molecule has 0 amide bonds. The summed E-state index contributed by atoms with van der Waals surface area (Å²) in [6.45, 7) is -0.681. The number of aliphatic hydroxyl groups is 1. The number of aliphatic hydroxyl groups excluding tert-OH is 1. The molecule has 0 saturated heterocycles. The van der Waals surface area contributed by atoms with E-state index in [9.17, 15) is 31.0 Å². The number of hydrogen-bond donors (Lipinski definition) is 4. The van der Waals surface area contributed by atoms with Gasteiger partial charge in [0, 0.05) is 11.6 Å². The van der Waals surface area contributed by atoms with Gasteiger partial charge in [-0.3, -0.25) is 9.35 Å². The summed E-state index contributed by atoms with van der Waals surface area (Å²) < 4.78 is 68.7. The highest BCUT2D eigenvalue weighted by molar-refractivity contribution is 7.91. The van der Waals surface area contributed by atoms with E-state index in [1.54, 1.807) is 12.1 Å². The lowest BCUT2D eigenvalue weighted by Crippen LogP contribution is -2.12. The summed E-state index contributed by atoms with van der Waals surface area (Å²) >= 11 is 0. The van der Waals surface area contributed by atoms with Crippen LogP contribution >= 0.6 is 0 Å². The van der Waals surface area contributed by atoms with E-state index >= 15 is 0 Å². The van der Waals surface area contributed by atoms with Crippen LogP contribution < -0.4 is 16.2 Å². The number of sulfone groups is 1. The molecule has 42 heavy (non-hydrogen) atoms. The predicted octanol–water partition coefficient (Wildman–Crippen LogP) is 3.30.